The summed E-state index contributed by atoms with van der Waals surface area (Å²) in [7, 11) is 2.41. The van der Waals surface area contributed by atoms with Crippen LogP contribution in [0.1, 0.15) is 23.7 Å². The van der Waals surface area contributed by atoms with Gasteiger partial charge in [0.25, 0.3) is 5.91 Å². The van der Waals surface area contributed by atoms with E-state index < -0.39 is 29.8 Å². The second-order valence-corrected chi connectivity index (χ2v) is 5.33. The zero-order chi connectivity index (χ0) is 20.2. The molecule has 0 aliphatic rings. The summed E-state index contributed by atoms with van der Waals surface area (Å²) in [5.74, 6) is -2.16. The van der Waals surface area contributed by atoms with Crippen LogP contribution in [0.5, 0.6) is 0 Å². The predicted molar refractivity (Wildman–Crippen MR) is 97.4 cm³/mol. The van der Waals surface area contributed by atoms with Crippen LogP contribution >= 0.6 is 0 Å². The molecule has 1 atom stereocenters. The Kier molecular flexibility index (Phi) is 9.01. The third-order valence-corrected chi connectivity index (χ3v) is 3.31. The molecule has 8 heteroatoms. The number of amides is 2. The highest BCUT2D eigenvalue weighted by atomic mass is 16.5. The Labute approximate surface area is 157 Å². The molecule has 144 valence electrons. The average Bonchev–Trinajstić information content (AvgIpc) is 2.68. The van der Waals surface area contributed by atoms with Crippen LogP contribution in [-0.4, -0.2) is 44.0 Å². The maximum absolute atomic E-state index is 12.2. The molecular formula is C19H22N2O6. The van der Waals surface area contributed by atoms with Crippen molar-refractivity contribution in [3.63, 3.8) is 0 Å². The Balaban J connectivity index is 2.81. The number of esters is 2. The molecule has 0 aliphatic heterocycles. The van der Waals surface area contributed by atoms with Gasteiger partial charge in [-0.3, -0.25) is 9.59 Å². The van der Waals surface area contributed by atoms with Crippen LogP contribution in [0.3, 0.4) is 0 Å². The fourth-order valence-corrected chi connectivity index (χ4v) is 2.03. The number of ether oxygens (including phenoxy) is 2. The Morgan fingerprint density at radius 1 is 1.07 bits per heavy atom. The highest BCUT2D eigenvalue weighted by Gasteiger charge is 2.20. The van der Waals surface area contributed by atoms with E-state index in [-0.39, 0.29) is 12.1 Å². The molecule has 2 N–H and O–H groups in total. The van der Waals surface area contributed by atoms with E-state index in [0.29, 0.717) is 5.56 Å². The lowest BCUT2D eigenvalue weighted by atomic mass is 10.1. The van der Waals surface area contributed by atoms with Crippen molar-refractivity contribution in [1.82, 2.24) is 10.6 Å². The number of hydrogen-bond donors (Lipinski definition) is 2. The molecule has 8 nitrogen and oxygen atoms in total. The number of nitrogens with one attached hydrogen (secondary N) is 2. The standard InChI is InChI=1S/C19H22N2O6/c1-13(22)20-15(18(24)26-2)11-7-8-12-16(19(25)27-3)21-17(23)14-9-5-4-6-10-14/h4-11,16H,12H2,1-3H3,(H,20,22)(H,21,23)/b8-7?,15-11-/t16-/m0/s1. The summed E-state index contributed by atoms with van der Waals surface area (Å²) >= 11 is 0. The third-order valence-electron chi connectivity index (χ3n) is 3.31. The second-order valence-electron chi connectivity index (χ2n) is 5.33. The lowest BCUT2D eigenvalue weighted by Gasteiger charge is -2.14. The number of allylic oxidation sites excluding steroid dienone is 2. The zero-order valence-electron chi connectivity index (χ0n) is 15.4. The van der Waals surface area contributed by atoms with E-state index in [9.17, 15) is 19.2 Å². The van der Waals surface area contributed by atoms with Gasteiger partial charge in [0.15, 0.2) is 0 Å². The van der Waals surface area contributed by atoms with E-state index in [4.69, 9.17) is 4.74 Å². The van der Waals surface area contributed by atoms with Gasteiger partial charge in [0.1, 0.15) is 11.7 Å². The molecule has 1 aromatic rings. The summed E-state index contributed by atoms with van der Waals surface area (Å²) in [5, 5.41) is 4.93. The molecule has 0 bridgehead atoms. The minimum atomic E-state index is -0.908. The minimum Gasteiger partial charge on any atom is -0.467 e. The van der Waals surface area contributed by atoms with Crippen molar-refractivity contribution in [2.75, 3.05) is 14.2 Å². The molecule has 2 amide bonds. The number of methoxy groups -OCH3 is 2. The van der Waals surface area contributed by atoms with Gasteiger partial charge >= 0.3 is 11.9 Å². The largest absolute Gasteiger partial charge is 0.467 e. The maximum atomic E-state index is 12.2. The summed E-state index contributed by atoms with van der Waals surface area (Å²) < 4.78 is 9.26. The van der Waals surface area contributed by atoms with Crippen LogP contribution in [0.15, 0.2) is 54.3 Å². The Morgan fingerprint density at radius 3 is 2.30 bits per heavy atom. The molecule has 27 heavy (non-hydrogen) atoms. The van der Waals surface area contributed by atoms with Crippen molar-refractivity contribution >= 4 is 23.8 Å². The van der Waals surface area contributed by atoms with Crippen molar-refractivity contribution in [3.05, 3.63) is 59.8 Å². The van der Waals surface area contributed by atoms with Gasteiger partial charge in [-0.05, 0) is 24.6 Å². The van der Waals surface area contributed by atoms with Crippen LogP contribution in [0, 0.1) is 0 Å². The third kappa shape index (κ3) is 7.55. The van der Waals surface area contributed by atoms with Gasteiger partial charge in [-0.15, -0.1) is 0 Å². The van der Waals surface area contributed by atoms with Gasteiger partial charge < -0.3 is 20.1 Å². The van der Waals surface area contributed by atoms with Gasteiger partial charge in [0, 0.05) is 12.5 Å². The number of hydrogen-bond acceptors (Lipinski definition) is 6. The molecule has 0 radical (unpaired) electrons. The molecule has 0 aliphatic carbocycles. The van der Waals surface area contributed by atoms with Gasteiger partial charge in [-0.25, -0.2) is 9.59 Å². The molecular weight excluding hydrogens is 352 g/mol. The first-order chi connectivity index (χ1) is 12.9. The number of benzene rings is 1. The first-order valence-corrected chi connectivity index (χ1v) is 8.05. The van der Waals surface area contributed by atoms with E-state index >= 15 is 0 Å². The first kappa shape index (κ1) is 21.6. The maximum Gasteiger partial charge on any atom is 0.354 e. The van der Waals surface area contributed by atoms with E-state index in [1.165, 1.54) is 33.3 Å². The van der Waals surface area contributed by atoms with Crippen molar-refractivity contribution in [1.29, 1.82) is 0 Å². The van der Waals surface area contributed by atoms with Crippen LogP contribution in [0.2, 0.25) is 0 Å². The number of rotatable bonds is 8. The van der Waals surface area contributed by atoms with Gasteiger partial charge in [-0.2, -0.15) is 0 Å². The Morgan fingerprint density at radius 2 is 1.74 bits per heavy atom. The van der Waals surface area contributed by atoms with E-state index in [1.807, 2.05) is 0 Å². The lowest BCUT2D eigenvalue weighted by Crippen LogP contribution is -2.41. The van der Waals surface area contributed by atoms with Gasteiger partial charge in [0.2, 0.25) is 5.91 Å². The van der Waals surface area contributed by atoms with Crippen molar-refractivity contribution in [2.24, 2.45) is 0 Å². The van der Waals surface area contributed by atoms with E-state index in [2.05, 4.69) is 15.4 Å². The molecule has 0 fully saturated rings. The van der Waals surface area contributed by atoms with Gasteiger partial charge in [0.05, 0.1) is 14.2 Å². The molecule has 0 saturated carbocycles. The quantitative estimate of drug-likeness (QED) is 0.400. The Hall–Kier alpha value is -3.42. The molecule has 0 heterocycles. The Bertz CT molecular complexity index is 740. The van der Waals surface area contributed by atoms with E-state index in [0.717, 1.165) is 0 Å². The summed E-state index contributed by atoms with van der Waals surface area (Å²) in [6.07, 6.45) is 4.47. The predicted octanol–water partition coefficient (Wildman–Crippen LogP) is 1.10. The second kappa shape index (κ2) is 11.2. The van der Waals surface area contributed by atoms with Crippen LogP contribution in [0.4, 0.5) is 0 Å². The monoisotopic (exact) mass is 374 g/mol. The summed E-state index contributed by atoms with van der Waals surface area (Å²) in [6, 6.07) is 7.54. The molecule has 1 aromatic carbocycles. The molecule has 0 saturated heterocycles. The molecule has 0 spiro atoms. The summed E-state index contributed by atoms with van der Waals surface area (Å²) in [5.41, 5.74) is 0.359. The van der Waals surface area contributed by atoms with Crippen molar-refractivity contribution < 1.29 is 28.7 Å². The minimum absolute atomic E-state index is 0.0517. The zero-order valence-corrected chi connectivity index (χ0v) is 15.4. The van der Waals surface area contributed by atoms with Crippen molar-refractivity contribution in [3.8, 4) is 0 Å². The highest BCUT2D eigenvalue weighted by molar-refractivity contribution is 5.96. The summed E-state index contributed by atoms with van der Waals surface area (Å²) in [4.78, 5) is 46.8. The molecule has 1 rings (SSSR count). The normalized spacial score (nSPS) is 12.2. The lowest BCUT2D eigenvalue weighted by molar-refractivity contribution is -0.142. The van der Waals surface area contributed by atoms with Crippen LogP contribution in [-0.2, 0) is 23.9 Å². The first-order valence-electron chi connectivity index (χ1n) is 8.05. The van der Waals surface area contributed by atoms with E-state index in [1.54, 1.807) is 36.4 Å². The molecule has 0 aromatic heterocycles. The fraction of sp³-hybridized carbons (Fsp3) is 0.263. The van der Waals surface area contributed by atoms with Gasteiger partial charge in [-0.1, -0.05) is 30.4 Å². The fourth-order valence-electron chi connectivity index (χ4n) is 2.03. The topological polar surface area (TPSA) is 111 Å². The SMILES string of the molecule is COC(=O)/C(=C/C=CC[C@H](NC(=O)c1ccccc1)C(=O)OC)NC(C)=O. The van der Waals surface area contributed by atoms with Crippen molar-refractivity contribution in [2.45, 2.75) is 19.4 Å². The number of carbonyl (C=O) groups is 4. The van der Waals surface area contributed by atoms with Crippen LogP contribution < -0.4 is 10.6 Å². The number of carbonyl (C=O) groups excluding carboxylic acids is 4. The average molecular weight is 374 g/mol. The molecule has 0 unspecified atom stereocenters. The highest BCUT2D eigenvalue weighted by Crippen LogP contribution is 2.03. The smallest absolute Gasteiger partial charge is 0.354 e. The van der Waals surface area contributed by atoms with Crippen LogP contribution in [0.25, 0.3) is 0 Å². The summed E-state index contributed by atoms with van der Waals surface area (Å²) in [6.45, 7) is 1.26.